The van der Waals surface area contributed by atoms with Crippen molar-refractivity contribution in [1.82, 2.24) is 9.80 Å². The van der Waals surface area contributed by atoms with Crippen LogP contribution >= 0.6 is 24.8 Å². The molecule has 7 heteroatoms. The summed E-state index contributed by atoms with van der Waals surface area (Å²) in [7, 11) is 0. The van der Waals surface area contributed by atoms with Crippen molar-refractivity contribution in [3.05, 3.63) is 65.7 Å². The molecule has 0 spiro atoms. The maximum Gasteiger partial charge on any atom is 0.223 e. The summed E-state index contributed by atoms with van der Waals surface area (Å²) in [6.45, 7) is 8.43. The van der Waals surface area contributed by atoms with Crippen LogP contribution in [0, 0.1) is 6.92 Å². The third-order valence-electron chi connectivity index (χ3n) is 6.33. The van der Waals surface area contributed by atoms with Gasteiger partial charge >= 0.3 is 0 Å². The van der Waals surface area contributed by atoms with Crippen molar-refractivity contribution in [2.45, 2.75) is 25.3 Å². The lowest BCUT2D eigenvalue weighted by molar-refractivity contribution is -0.130. The molecule has 0 bridgehead atoms. The molecular formula is C24H34Cl2N4O. The van der Waals surface area contributed by atoms with Crippen molar-refractivity contribution in [2.24, 2.45) is 5.73 Å². The highest BCUT2D eigenvalue weighted by molar-refractivity contribution is 5.85. The van der Waals surface area contributed by atoms with Crippen molar-refractivity contribution < 1.29 is 4.79 Å². The summed E-state index contributed by atoms with van der Waals surface area (Å²) in [6.07, 6.45) is 0.582. The van der Waals surface area contributed by atoms with Gasteiger partial charge in [0.2, 0.25) is 5.91 Å². The zero-order chi connectivity index (χ0) is 20.2. The number of aryl methyl sites for hydroxylation is 1. The normalized spacial score (nSPS) is 21.4. The van der Waals surface area contributed by atoms with Crippen molar-refractivity contribution >= 4 is 36.4 Å². The molecule has 2 saturated heterocycles. The Labute approximate surface area is 198 Å². The minimum absolute atomic E-state index is 0. The number of carbonyl (C=O) groups is 1. The molecule has 31 heavy (non-hydrogen) atoms. The van der Waals surface area contributed by atoms with Gasteiger partial charge < -0.3 is 15.5 Å². The number of likely N-dealkylation sites (tertiary alicyclic amines) is 1. The Morgan fingerprint density at radius 1 is 0.968 bits per heavy atom. The predicted molar refractivity (Wildman–Crippen MR) is 133 cm³/mol. The second kappa shape index (κ2) is 11.7. The maximum absolute atomic E-state index is 12.8. The lowest BCUT2D eigenvalue weighted by Gasteiger charge is -2.36. The first-order chi connectivity index (χ1) is 14.1. The van der Waals surface area contributed by atoms with E-state index in [1.807, 2.05) is 23.1 Å². The van der Waals surface area contributed by atoms with Crippen LogP contribution in [0.1, 0.15) is 23.5 Å². The number of halogens is 2. The first kappa shape index (κ1) is 25.5. The maximum atomic E-state index is 12.8. The monoisotopic (exact) mass is 464 g/mol. The second-order valence-corrected chi connectivity index (χ2v) is 8.40. The Kier molecular flexibility index (Phi) is 9.63. The minimum Gasteiger partial charge on any atom is -0.369 e. The number of anilines is 1. The molecule has 2 N–H and O–H groups in total. The lowest BCUT2D eigenvalue weighted by atomic mass is 9.95. The number of nitrogens with zero attached hydrogens (tertiary/aromatic N) is 3. The third kappa shape index (κ3) is 6.36. The van der Waals surface area contributed by atoms with Crippen LogP contribution < -0.4 is 10.6 Å². The molecule has 0 aromatic heterocycles. The van der Waals surface area contributed by atoms with E-state index < -0.39 is 0 Å². The van der Waals surface area contributed by atoms with Crippen LogP contribution in [0.4, 0.5) is 5.69 Å². The fraction of sp³-hybridized carbons (Fsp3) is 0.458. The summed E-state index contributed by atoms with van der Waals surface area (Å²) in [6, 6.07) is 19.1. The van der Waals surface area contributed by atoms with E-state index in [0.29, 0.717) is 13.0 Å². The van der Waals surface area contributed by atoms with Gasteiger partial charge in [0.15, 0.2) is 0 Å². The first-order valence-corrected chi connectivity index (χ1v) is 10.7. The molecule has 1 amide bonds. The molecule has 0 aliphatic carbocycles. The summed E-state index contributed by atoms with van der Waals surface area (Å²) in [5.41, 5.74) is 10.2. The Morgan fingerprint density at radius 3 is 2.35 bits per heavy atom. The van der Waals surface area contributed by atoms with Crippen molar-refractivity contribution in [2.75, 3.05) is 50.7 Å². The van der Waals surface area contributed by atoms with E-state index in [1.54, 1.807) is 0 Å². The zero-order valence-electron chi connectivity index (χ0n) is 18.2. The Bertz CT molecular complexity index is 827. The number of benzene rings is 2. The first-order valence-electron chi connectivity index (χ1n) is 10.7. The van der Waals surface area contributed by atoms with Gasteiger partial charge in [-0.2, -0.15) is 0 Å². The van der Waals surface area contributed by atoms with Crippen LogP contribution in [0.5, 0.6) is 0 Å². The highest BCUT2D eigenvalue weighted by Gasteiger charge is 2.33. The molecule has 5 nitrogen and oxygen atoms in total. The van der Waals surface area contributed by atoms with Crippen LogP contribution in [0.25, 0.3) is 0 Å². The summed E-state index contributed by atoms with van der Waals surface area (Å²) in [5.74, 6) is 0.484. The molecule has 2 heterocycles. The number of nitrogens with two attached hydrogens (primary N) is 1. The molecular weight excluding hydrogens is 431 g/mol. The van der Waals surface area contributed by atoms with Gasteiger partial charge in [0.1, 0.15) is 0 Å². The largest absolute Gasteiger partial charge is 0.369 e. The summed E-state index contributed by atoms with van der Waals surface area (Å²) in [4.78, 5) is 19.6. The van der Waals surface area contributed by atoms with E-state index in [2.05, 4.69) is 53.1 Å². The molecule has 2 aromatic rings. The summed E-state index contributed by atoms with van der Waals surface area (Å²) >= 11 is 0. The standard InChI is InChI=1S/C24H32N4O.2ClH/c1-19-6-5-9-21(16-19)27-14-12-26(13-15-27)11-10-24(29)28-17-22(23(25)18-28)20-7-3-2-4-8-20;;/h2-9,16,22-23H,10-15,17-18,25H2,1H3;2*1H/t22-,23+;;/m0../s1. The predicted octanol–water partition coefficient (Wildman–Crippen LogP) is 3.30. The number of carbonyl (C=O) groups excluding carboxylic acids is 1. The van der Waals surface area contributed by atoms with E-state index in [9.17, 15) is 4.79 Å². The highest BCUT2D eigenvalue weighted by Crippen LogP contribution is 2.26. The Balaban J connectivity index is 0.00000171. The van der Waals surface area contributed by atoms with Crippen LogP contribution in [-0.2, 0) is 4.79 Å². The average Bonchev–Trinajstić information content (AvgIpc) is 3.15. The Hall–Kier alpha value is -1.79. The molecule has 4 rings (SSSR count). The van der Waals surface area contributed by atoms with E-state index in [4.69, 9.17) is 5.73 Å². The molecule has 2 atom stereocenters. The van der Waals surface area contributed by atoms with Gasteiger partial charge in [-0.15, -0.1) is 24.8 Å². The van der Waals surface area contributed by atoms with Gasteiger partial charge in [-0.25, -0.2) is 0 Å². The van der Waals surface area contributed by atoms with E-state index in [-0.39, 0.29) is 42.7 Å². The van der Waals surface area contributed by atoms with Gasteiger partial charge in [-0.3, -0.25) is 9.69 Å². The van der Waals surface area contributed by atoms with Crippen LogP contribution in [0.3, 0.4) is 0 Å². The average molecular weight is 465 g/mol. The zero-order valence-corrected chi connectivity index (χ0v) is 19.8. The van der Waals surface area contributed by atoms with E-state index in [1.165, 1.54) is 16.8 Å². The van der Waals surface area contributed by atoms with E-state index >= 15 is 0 Å². The van der Waals surface area contributed by atoms with Gasteiger partial charge in [0.25, 0.3) is 0 Å². The van der Waals surface area contributed by atoms with Crippen LogP contribution in [-0.4, -0.2) is 67.6 Å². The molecule has 2 aromatic carbocycles. The molecule has 0 radical (unpaired) electrons. The lowest BCUT2D eigenvalue weighted by Crippen LogP contribution is -2.47. The number of hydrogen-bond donors (Lipinski definition) is 1. The minimum atomic E-state index is 0. The van der Waals surface area contributed by atoms with Crippen LogP contribution in [0.15, 0.2) is 54.6 Å². The molecule has 170 valence electrons. The van der Waals surface area contributed by atoms with Gasteiger partial charge in [-0.05, 0) is 30.2 Å². The van der Waals surface area contributed by atoms with Gasteiger partial charge in [0, 0.05) is 69.9 Å². The van der Waals surface area contributed by atoms with Crippen LogP contribution in [0.2, 0.25) is 0 Å². The fourth-order valence-electron chi connectivity index (χ4n) is 4.55. The van der Waals surface area contributed by atoms with Crippen molar-refractivity contribution in [3.63, 3.8) is 0 Å². The van der Waals surface area contributed by atoms with E-state index in [0.717, 1.165) is 39.3 Å². The van der Waals surface area contributed by atoms with Crippen molar-refractivity contribution in [1.29, 1.82) is 0 Å². The number of hydrogen-bond acceptors (Lipinski definition) is 4. The quantitative estimate of drug-likeness (QED) is 0.737. The smallest absolute Gasteiger partial charge is 0.223 e. The summed E-state index contributed by atoms with van der Waals surface area (Å²) < 4.78 is 0. The molecule has 0 unspecified atom stereocenters. The fourth-order valence-corrected chi connectivity index (χ4v) is 4.55. The summed E-state index contributed by atoms with van der Waals surface area (Å²) in [5, 5.41) is 0. The van der Waals surface area contributed by atoms with Gasteiger partial charge in [0.05, 0.1) is 0 Å². The van der Waals surface area contributed by atoms with Gasteiger partial charge in [-0.1, -0.05) is 42.5 Å². The number of rotatable bonds is 5. The molecule has 2 aliphatic rings. The number of amides is 1. The highest BCUT2D eigenvalue weighted by atomic mass is 35.5. The third-order valence-corrected chi connectivity index (χ3v) is 6.33. The molecule has 2 fully saturated rings. The SMILES string of the molecule is Cc1cccc(N2CCN(CCC(=O)N3C[C@@H](N)[C@H](c4ccccc4)C3)CC2)c1.Cl.Cl. The number of piperazine rings is 1. The Morgan fingerprint density at radius 2 is 1.68 bits per heavy atom. The molecule has 2 aliphatic heterocycles. The topological polar surface area (TPSA) is 52.8 Å². The molecule has 0 saturated carbocycles. The second-order valence-electron chi connectivity index (χ2n) is 8.40. The van der Waals surface area contributed by atoms with Crippen molar-refractivity contribution in [3.8, 4) is 0 Å².